The summed E-state index contributed by atoms with van der Waals surface area (Å²) in [4.78, 5) is 8.93. The highest BCUT2D eigenvalue weighted by Gasteiger charge is 2.11. The van der Waals surface area contributed by atoms with Gasteiger partial charge in [-0.2, -0.15) is 0 Å². The summed E-state index contributed by atoms with van der Waals surface area (Å²) in [5.41, 5.74) is 8.92. The number of rotatable bonds is 2. The summed E-state index contributed by atoms with van der Waals surface area (Å²) >= 11 is 8.14. The number of hydrogen-bond acceptors (Lipinski definition) is 3. The van der Waals surface area contributed by atoms with Gasteiger partial charge in [0.05, 0.1) is 9.26 Å². The molecule has 2 N–H and O–H groups in total. The van der Waals surface area contributed by atoms with Crippen LogP contribution in [0.2, 0.25) is 5.02 Å². The van der Waals surface area contributed by atoms with Crippen LogP contribution in [0.15, 0.2) is 18.2 Å². The van der Waals surface area contributed by atoms with Crippen molar-refractivity contribution in [3.63, 3.8) is 0 Å². The van der Waals surface area contributed by atoms with E-state index in [1.807, 2.05) is 25.1 Å². The Kier molecular flexibility index (Phi) is 4.07. The van der Waals surface area contributed by atoms with Gasteiger partial charge in [0.15, 0.2) is 5.82 Å². The van der Waals surface area contributed by atoms with Crippen LogP contribution in [-0.4, -0.2) is 9.97 Å². The van der Waals surface area contributed by atoms with E-state index in [0.29, 0.717) is 16.7 Å². The van der Waals surface area contributed by atoms with E-state index in [9.17, 15) is 0 Å². The van der Waals surface area contributed by atoms with Gasteiger partial charge < -0.3 is 5.73 Å². The number of nitrogens with zero attached hydrogens (tertiary/aromatic N) is 2. The normalized spacial score (nSPS) is 10.7. The van der Waals surface area contributed by atoms with Gasteiger partial charge in [-0.1, -0.05) is 18.5 Å². The molecule has 0 bridgehead atoms. The minimum atomic E-state index is 0.534. The third kappa shape index (κ3) is 2.59. The first-order chi connectivity index (χ1) is 8.52. The highest BCUT2D eigenvalue weighted by Crippen LogP contribution is 2.26. The van der Waals surface area contributed by atoms with Crippen molar-refractivity contribution < 1.29 is 0 Å². The second-order valence-corrected chi connectivity index (χ2v) is 5.52. The van der Waals surface area contributed by atoms with Crippen LogP contribution in [0.25, 0.3) is 11.4 Å². The highest BCUT2D eigenvalue weighted by atomic mass is 127. The zero-order chi connectivity index (χ0) is 13.3. The van der Waals surface area contributed by atoms with Crippen molar-refractivity contribution in [3.05, 3.63) is 38.0 Å². The molecule has 0 fully saturated rings. The van der Waals surface area contributed by atoms with Gasteiger partial charge in [-0.3, -0.25) is 0 Å². The van der Waals surface area contributed by atoms with Crippen molar-refractivity contribution in [2.45, 2.75) is 20.3 Å². The molecule has 1 aromatic heterocycles. The maximum absolute atomic E-state index is 5.95. The molecule has 0 saturated heterocycles. The predicted molar refractivity (Wildman–Crippen MR) is 83.7 cm³/mol. The van der Waals surface area contributed by atoms with Crippen LogP contribution in [-0.2, 0) is 6.42 Å². The van der Waals surface area contributed by atoms with Crippen LogP contribution >= 0.6 is 34.2 Å². The zero-order valence-corrected chi connectivity index (χ0v) is 13.1. The lowest BCUT2D eigenvalue weighted by molar-refractivity contribution is 0.993. The largest absolute Gasteiger partial charge is 0.383 e. The topological polar surface area (TPSA) is 51.8 Å². The summed E-state index contributed by atoms with van der Waals surface area (Å²) in [5, 5.41) is 0.713. The fourth-order valence-corrected chi connectivity index (χ4v) is 2.59. The van der Waals surface area contributed by atoms with Gasteiger partial charge >= 0.3 is 0 Å². The summed E-state index contributed by atoms with van der Waals surface area (Å²) in [6.45, 7) is 4.05. The molecule has 18 heavy (non-hydrogen) atoms. The van der Waals surface area contributed by atoms with Gasteiger partial charge in [-0.25, -0.2) is 9.97 Å². The average Bonchev–Trinajstić information content (AvgIpc) is 2.32. The zero-order valence-electron chi connectivity index (χ0n) is 10.2. The molecule has 0 aliphatic carbocycles. The number of anilines is 1. The molecule has 1 aromatic carbocycles. The lowest BCUT2D eigenvalue weighted by Crippen LogP contribution is -2.04. The number of halogens is 2. The maximum atomic E-state index is 5.95. The van der Waals surface area contributed by atoms with E-state index >= 15 is 0 Å². The van der Waals surface area contributed by atoms with Gasteiger partial charge in [0, 0.05) is 10.6 Å². The molecule has 0 saturated carbocycles. The van der Waals surface area contributed by atoms with Crippen molar-refractivity contribution in [2.24, 2.45) is 0 Å². The first-order valence-corrected chi connectivity index (χ1v) is 7.07. The minimum absolute atomic E-state index is 0.534. The van der Waals surface area contributed by atoms with Gasteiger partial charge in [0.1, 0.15) is 5.82 Å². The van der Waals surface area contributed by atoms with Gasteiger partial charge in [-0.15, -0.1) is 0 Å². The monoisotopic (exact) mass is 373 g/mol. The summed E-state index contributed by atoms with van der Waals surface area (Å²) in [5.74, 6) is 1.20. The lowest BCUT2D eigenvalue weighted by atomic mass is 10.1. The average molecular weight is 374 g/mol. The molecule has 94 valence electrons. The SMILES string of the molecule is CCc1nc(-c2ccc(Cl)cc2C)nc(N)c1I. The van der Waals surface area contributed by atoms with Gasteiger partial charge in [0.2, 0.25) is 0 Å². The van der Waals surface area contributed by atoms with E-state index in [1.165, 1.54) is 0 Å². The maximum Gasteiger partial charge on any atom is 0.162 e. The molecule has 2 aromatic rings. The number of aryl methyl sites for hydroxylation is 2. The van der Waals surface area contributed by atoms with Crippen LogP contribution in [0.4, 0.5) is 5.82 Å². The highest BCUT2D eigenvalue weighted by molar-refractivity contribution is 14.1. The van der Waals surface area contributed by atoms with Crippen molar-refractivity contribution >= 4 is 40.0 Å². The second kappa shape index (κ2) is 5.40. The van der Waals surface area contributed by atoms with Gasteiger partial charge in [-0.05, 0) is 59.7 Å². The summed E-state index contributed by atoms with van der Waals surface area (Å²) in [6, 6.07) is 5.67. The molecule has 0 radical (unpaired) electrons. The Morgan fingerprint density at radius 3 is 2.67 bits per heavy atom. The Hall–Kier alpha value is -0.880. The molecule has 0 atom stereocenters. The molecule has 0 aliphatic heterocycles. The van der Waals surface area contributed by atoms with E-state index in [1.54, 1.807) is 0 Å². The molecule has 0 amide bonds. The van der Waals surface area contributed by atoms with Crippen LogP contribution in [0.3, 0.4) is 0 Å². The van der Waals surface area contributed by atoms with Gasteiger partial charge in [0.25, 0.3) is 0 Å². The first-order valence-electron chi connectivity index (χ1n) is 5.61. The number of nitrogen functional groups attached to an aromatic ring is 1. The van der Waals surface area contributed by atoms with Crippen LogP contribution < -0.4 is 5.73 Å². The van der Waals surface area contributed by atoms with E-state index in [2.05, 4.69) is 39.5 Å². The molecular weight excluding hydrogens is 361 g/mol. The number of benzene rings is 1. The molecule has 0 spiro atoms. The minimum Gasteiger partial charge on any atom is -0.383 e. The van der Waals surface area contributed by atoms with Crippen molar-refractivity contribution in [2.75, 3.05) is 5.73 Å². The summed E-state index contributed by atoms with van der Waals surface area (Å²) < 4.78 is 0.936. The number of hydrogen-bond donors (Lipinski definition) is 1. The van der Waals surface area contributed by atoms with Crippen LogP contribution in [0.5, 0.6) is 0 Å². The van der Waals surface area contributed by atoms with E-state index in [4.69, 9.17) is 17.3 Å². The molecular formula is C13H13ClIN3. The molecule has 0 aliphatic rings. The number of nitrogens with two attached hydrogens (primary N) is 1. The standard InChI is InChI=1S/C13H13ClIN3/c1-3-10-11(15)12(16)18-13(17-10)9-5-4-8(14)6-7(9)2/h4-6H,3H2,1-2H3,(H2,16,17,18). The van der Waals surface area contributed by atoms with Crippen molar-refractivity contribution in [1.29, 1.82) is 0 Å². The third-order valence-corrected chi connectivity index (χ3v) is 4.12. The fourth-order valence-electron chi connectivity index (χ4n) is 1.75. The Bertz CT molecular complexity index is 599. The van der Waals surface area contributed by atoms with E-state index < -0.39 is 0 Å². The van der Waals surface area contributed by atoms with E-state index in [-0.39, 0.29) is 0 Å². The third-order valence-electron chi connectivity index (χ3n) is 2.71. The predicted octanol–water partition coefficient (Wildman–Crippen LogP) is 3.85. The van der Waals surface area contributed by atoms with Crippen molar-refractivity contribution in [3.8, 4) is 11.4 Å². The van der Waals surface area contributed by atoms with Crippen LogP contribution in [0, 0.1) is 10.5 Å². The molecule has 5 heteroatoms. The lowest BCUT2D eigenvalue weighted by Gasteiger charge is -2.09. The Labute approximate surface area is 125 Å². The quantitative estimate of drug-likeness (QED) is 0.813. The summed E-state index contributed by atoms with van der Waals surface area (Å²) in [6.07, 6.45) is 0.838. The Morgan fingerprint density at radius 2 is 2.06 bits per heavy atom. The Balaban J connectivity index is 2.60. The smallest absolute Gasteiger partial charge is 0.162 e. The summed E-state index contributed by atoms with van der Waals surface area (Å²) in [7, 11) is 0. The molecule has 0 unspecified atom stereocenters. The molecule has 2 rings (SSSR count). The Morgan fingerprint density at radius 1 is 1.33 bits per heavy atom. The van der Waals surface area contributed by atoms with E-state index in [0.717, 1.165) is 26.8 Å². The van der Waals surface area contributed by atoms with Crippen molar-refractivity contribution in [1.82, 2.24) is 9.97 Å². The molecule has 1 heterocycles. The first kappa shape index (κ1) is 13.5. The molecule has 3 nitrogen and oxygen atoms in total. The second-order valence-electron chi connectivity index (χ2n) is 4.01. The van der Waals surface area contributed by atoms with Crippen LogP contribution in [0.1, 0.15) is 18.2 Å². The fraction of sp³-hybridized carbons (Fsp3) is 0.231. The number of aromatic nitrogens is 2.